The van der Waals surface area contributed by atoms with Crippen molar-refractivity contribution in [1.29, 1.82) is 0 Å². The van der Waals surface area contributed by atoms with Crippen LogP contribution >= 0.6 is 0 Å². The summed E-state index contributed by atoms with van der Waals surface area (Å²) >= 11 is 0. The third-order valence-electron chi connectivity index (χ3n) is 5.75. The van der Waals surface area contributed by atoms with Crippen molar-refractivity contribution in [3.63, 3.8) is 0 Å². The van der Waals surface area contributed by atoms with Crippen molar-refractivity contribution in [2.24, 2.45) is 0 Å². The molecular weight excluding hydrogens is 402 g/mol. The molecule has 2 amide bonds. The van der Waals surface area contributed by atoms with Gasteiger partial charge in [0.2, 0.25) is 0 Å². The number of likely N-dealkylation sites (N-methyl/N-ethyl adjacent to an activating group) is 1. The molecular formula is C26H27N3O3. The predicted molar refractivity (Wildman–Crippen MR) is 123 cm³/mol. The molecule has 0 spiro atoms. The second kappa shape index (κ2) is 9.32. The van der Waals surface area contributed by atoms with Crippen LogP contribution in [0.25, 0.3) is 11.1 Å². The lowest BCUT2D eigenvalue weighted by Gasteiger charge is -2.43. The molecule has 0 aliphatic carbocycles. The van der Waals surface area contributed by atoms with Gasteiger partial charge in [-0.1, -0.05) is 42.5 Å². The summed E-state index contributed by atoms with van der Waals surface area (Å²) in [7, 11) is 3.44. The third-order valence-corrected chi connectivity index (χ3v) is 5.75. The Morgan fingerprint density at radius 3 is 2.28 bits per heavy atom. The van der Waals surface area contributed by atoms with Crippen LogP contribution in [0.2, 0.25) is 0 Å². The van der Waals surface area contributed by atoms with E-state index in [1.807, 2.05) is 54.6 Å². The summed E-state index contributed by atoms with van der Waals surface area (Å²) in [5.41, 5.74) is 2.63. The first-order valence-electron chi connectivity index (χ1n) is 10.7. The van der Waals surface area contributed by atoms with Crippen LogP contribution in [0.3, 0.4) is 0 Å². The molecule has 0 saturated carbocycles. The lowest BCUT2D eigenvalue weighted by molar-refractivity contribution is -0.165. The fourth-order valence-electron chi connectivity index (χ4n) is 4.13. The summed E-state index contributed by atoms with van der Waals surface area (Å²) in [5.74, 6) is -0.223. The highest BCUT2D eigenvalue weighted by atomic mass is 16.5. The van der Waals surface area contributed by atoms with E-state index in [-0.39, 0.29) is 18.4 Å². The lowest BCUT2D eigenvalue weighted by atomic mass is 9.89. The maximum Gasteiger partial charge on any atom is 0.256 e. The van der Waals surface area contributed by atoms with E-state index >= 15 is 0 Å². The first-order valence-corrected chi connectivity index (χ1v) is 10.7. The lowest BCUT2D eigenvalue weighted by Crippen LogP contribution is -2.61. The Bertz CT molecular complexity index is 1070. The van der Waals surface area contributed by atoms with Crippen molar-refractivity contribution in [2.45, 2.75) is 12.0 Å². The van der Waals surface area contributed by atoms with Gasteiger partial charge >= 0.3 is 0 Å². The van der Waals surface area contributed by atoms with Gasteiger partial charge in [-0.15, -0.1) is 0 Å². The van der Waals surface area contributed by atoms with E-state index in [2.05, 4.69) is 4.98 Å². The zero-order valence-corrected chi connectivity index (χ0v) is 18.4. The molecule has 164 valence electrons. The minimum absolute atomic E-state index is 0.0853. The number of hydrogen-bond donors (Lipinski definition) is 0. The number of morpholine rings is 1. The van der Waals surface area contributed by atoms with Crippen LogP contribution in [0.4, 0.5) is 0 Å². The monoisotopic (exact) mass is 429 g/mol. The smallest absolute Gasteiger partial charge is 0.256 e. The van der Waals surface area contributed by atoms with E-state index in [0.29, 0.717) is 25.1 Å². The summed E-state index contributed by atoms with van der Waals surface area (Å²) in [6.45, 7) is 0.980. The first kappa shape index (κ1) is 21.7. The third kappa shape index (κ3) is 4.55. The van der Waals surface area contributed by atoms with Crippen LogP contribution in [0.1, 0.15) is 15.9 Å². The summed E-state index contributed by atoms with van der Waals surface area (Å²) in [6, 6.07) is 21.2. The second-order valence-corrected chi connectivity index (χ2v) is 8.24. The fourth-order valence-corrected chi connectivity index (χ4v) is 4.13. The standard InChI is InChI=1S/C26H27N3O3/c1-28(2)25(31)26(18-20-8-10-21(11-9-20)22-12-14-27-15-13-22)19-29(16-17-32-26)24(30)23-6-4-3-5-7-23/h3-15H,16-19H2,1-2H3. The highest BCUT2D eigenvalue weighted by molar-refractivity contribution is 5.95. The van der Waals surface area contributed by atoms with E-state index in [1.165, 1.54) is 0 Å². The number of aromatic nitrogens is 1. The van der Waals surface area contributed by atoms with E-state index in [0.717, 1.165) is 16.7 Å². The van der Waals surface area contributed by atoms with Crippen LogP contribution < -0.4 is 0 Å². The maximum atomic E-state index is 13.3. The Kier molecular flexibility index (Phi) is 6.32. The number of amides is 2. The normalized spacial score (nSPS) is 18.2. The number of carbonyl (C=O) groups is 2. The number of carbonyl (C=O) groups excluding carboxylic acids is 2. The number of rotatable bonds is 5. The molecule has 3 aromatic rings. The van der Waals surface area contributed by atoms with Crippen molar-refractivity contribution in [3.8, 4) is 11.1 Å². The zero-order chi connectivity index (χ0) is 22.6. The molecule has 6 heteroatoms. The molecule has 2 heterocycles. The number of ether oxygens (including phenoxy) is 1. The molecule has 1 aromatic heterocycles. The summed E-state index contributed by atoms with van der Waals surface area (Å²) < 4.78 is 6.13. The van der Waals surface area contributed by atoms with E-state index < -0.39 is 5.60 Å². The highest BCUT2D eigenvalue weighted by Gasteiger charge is 2.46. The maximum absolute atomic E-state index is 13.3. The SMILES string of the molecule is CN(C)C(=O)C1(Cc2ccc(-c3ccncc3)cc2)CN(C(=O)c2ccccc2)CCO1. The van der Waals surface area contributed by atoms with Crippen LogP contribution in [0.5, 0.6) is 0 Å². The Balaban J connectivity index is 1.59. The molecule has 0 radical (unpaired) electrons. The van der Waals surface area contributed by atoms with Crippen LogP contribution in [-0.4, -0.2) is 66.0 Å². The molecule has 0 bridgehead atoms. The van der Waals surface area contributed by atoms with Crippen molar-refractivity contribution in [1.82, 2.24) is 14.8 Å². The van der Waals surface area contributed by atoms with Gasteiger partial charge in [-0.05, 0) is 41.0 Å². The molecule has 1 fully saturated rings. The highest BCUT2D eigenvalue weighted by Crippen LogP contribution is 2.28. The van der Waals surface area contributed by atoms with Crippen LogP contribution in [-0.2, 0) is 16.0 Å². The van der Waals surface area contributed by atoms with E-state index in [9.17, 15) is 9.59 Å². The largest absolute Gasteiger partial charge is 0.361 e. The van der Waals surface area contributed by atoms with Gasteiger partial charge < -0.3 is 14.5 Å². The minimum Gasteiger partial charge on any atom is -0.361 e. The Labute approximate surface area is 188 Å². The van der Waals surface area contributed by atoms with Crippen molar-refractivity contribution in [3.05, 3.63) is 90.3 Å². The molecule has 6 nitrogen and oxygen atoms in total. The van der Waals surface area contributed by atoms with E-state index in [1.54, 1.807) is 48.4 Å². The van der Waals surface area contributed by atoms with E-state index in [4.69, 9.17) is 4.74 Å². The molecule has 1 saturated heterocycles. The molecule has 1 aliphatic rings. The van der Waals surface area contributed by atoms with Crippen molar-refractivity contribution in [2.75, 3.05) is 33.8 Å². The van der Waals surface area contributed by atoms with Gasteiger partial charge in [0.05, 0.1) is 13.2 Å². The summed E-state index contributed by atoms with van der Waals surface area (Å²) in [4.78, 5) is 33.7. The van der Waals surface area contributed by atoms with Gasteiger partial charge in [-0.3, -0.25) is 14.6 Å². The van der Waals surface area contributed by atoms with Gasteiger partial charge in [0, 0.05) is 45.0 Å². The first-order chi connectivity index (χ1) is 15.5. The van der Waals surface area contributed by atoms with Gasteiger partial charge in [0.1, 0.15) is 0 Å². The number of pyridine rings is 1. The zero-order valence-electron chi connectivity index (χ0n) is 18.4. The van der Waals surface area contributed by atoms with Gasteiger partial charge in [-0.25, -0.2) is 0 Å². The van der Waals surface area contributed by atoms with Crippen molar-refractivity contribution >= 4 is 11.8 Å². The second-order valence-electron chi connectivity index (χ2n) is 8.24. The van der Waals surface area contributed by atoms with Gasteiger partial charge in [0.25, 0.3) is 11.8 Å². The van der Waals surface area contributed by atoms with Crippen LogP contribution in [0, 0.1) is 0 Å². The average Bonchev–Trinajstić information content (AvgIpc) is 2.84. The molecule has 1 atom stereocenters. The van der Waals surface area contributed by atoms with Gasteiger partial charge in [0.15, 0.2) is 5.60 Å². The number of benzene rings is 2. The quantitative estimate of drug-likeness (QED) is 0.624. The van der Waals surface area contributed by atoms with Crippen LogP contribution in [0.15, 0.2) is 79.1 Å². The fraction of sp³-hybridized carbons (Fsp3) is 0.269. The Hall–Kier alpha value is -3.51. The topological polar surface area (TPSA) is 62.7 Å². The number of nitrogens with zero attached hydrogens (tertiary/aromatic N) is 3. The molecule has 1 aliphatic heterocycles. The summed E-state index contributed by atoms with van der Waals surface area (Å²) in [6.07, 6.45) is 3.92. The molecule has 2 aromatic carbocycles. The molecule has 0 N–H and O–H groups in total. The molecule has 4 rings (SSSR count). The minimum atomic E-state index is -1.12. The molecule has 32 heavy (non-hydrogen) atoms. The Morgan fingerprint density at radius 2 is 1.62 bits per heavy atom. The number of hydrogen-bond acceptors (Lipinski definition) is 4. The predicted octanol–water partition coefficient (Wildman–Crippen LogP) is 3.29. The van der Waals surface area contributed by atoms with Gasteiger partial charge in [-0.2, -0.15) is 0 Å². The summed E-state index contributed by atoms with van der Waals surface area (Å²) in [5, 5.41) is 0. The average molecular weight is 430 g/mol. The van der Waals surface area contributed by atoms with Crippen molar-refractivity contribution < 1.29 is 14.3 Å². The molecule has 1 unspecified atom stereocenters. The Morgan fingerprint density at radius 1 is 0.969 bits per heavy atom.